The SMILES string of the molecule is C[C@@H](CO[Si](C)(C)C(C)(C)C)[C@H](NC1(c2ccccc2)c2ccccc2-c2ccccc21)C(=O)OCc1ccccc1. The monoisotopic (exact) mass is 577 g/mol. The molecule has 0 unspecified atom stereocenters. The highest BCUT2D eigenvalue weighted by Gasteiger charge is 2.48. The molecule has 0 aromatic heterocycles. The first kappa shape index (κ1) is 30.0. The topological polar surface area (TPSA) is 47.6 Å². The predicted molar refractivity (Wildman–Crippen MR) is 174 cm³/mol. The van der Waals surface area contributed by atoms with Gasteiger partial charge in [0.05, 0.1) is 5.54 Å². The average molecular weight is 578 g/mol. The Bertz CT molecular complexity index is 1470. The Morgan fingerprint density at radius 1 is 0.786 bits per heavy atom. The van der Waals surface area contributed by atoms with E-state index in [9.17, 15) is 4.79 Å². The fraction of sp³-hybridized carbons (Fsp3) is 0.324. The first-order valence-electron chi connectivity index (χ1n) is 14.9. The Morgan fingerprint density at radius 3 is 1.83 bits per heavy atom. The lowest BCUT2D eigenvalue weighted by Crippen LogP contribution is -2.55. The lowest BCUT2D eigenvalue weighted by molar-refractivity contribution is -0.149. The van der Waals surface area contributed by atoms with Crippen LogP contribution in [-0.2, 0) is 26.1 Å². The van der Waals surface area contributed by atoms with E-state index < -0.39 is 19.9 Å². The van der Waals surface area contributed by atoms with Crippen molar-refractivity contribution < 1.29 is 14.0 Å². The van der Waals surface area contributed by atoms with Gasteiger partial charge in [-0.1, -0.05) is 137 Å². The van der Waals surface area contributed by atoms with Crippen LogP contribution in [0.15, 0.2) is 109 Å². The molecular weight excluding hydrogens is 534 g/mol. The summed E-state index contributed by atoms with van der Waals surface area (Å²) in [6.45, 7) is 14.0. The third-order valence-electron chi connectivity index (χ3n) is 9.09. The second kappa shape index (κ2) is 12.0. The zero-order valence-electron chi connectivity index (χ0n) is 25.7. The Labute approximate surface area is 252 Å². The van der Waals surface area contributed by atoms with Crippen LogP contribution < -0.4 is 5.32 Å². The molecule has 0 bridgehead atoms. The van der Waals surface area contributed by atoms with Crippen molar-refractivity contribution >= 4 is 14.3 Å². The molecule has 4 nitrogen and oxygen atoms in total. The zero-order chi connectivity index (χ0) is 30.0. The Morgan fingerprint density at radius 2 is 1.29 bits per heavy atom. The van der Waals surface area contributed by atoms with Gasteiger partial charge in [0.15, 0.2) is 8.32 Å². The molecule has 1 aliphatic carbocycles. The Hall–Kier alpha value is -3.51. The minimum absolute atomic E-state index is 0.0675. The fourth-order valence-corrected chi connectivity index (χ4v) is 6.72. The minimum Gasteiger partial charge on any atom is -0.460 e. The molecule has 5 rings (SSSR count). The molecule has 4 aromatic carbocycles. The quantitative estimate of drug-likeness (QED) is 0.152. The van der Waals surface area contributed by atoms with Gasteiger partial charge in [-0.2, -0.15) is 0 Å². The van der Waals surface area contributed by atoms with E-state index in [-0.39, 0.29) is 23.5 Å². The van der Waals surface area contributed by atoms with Crippen molar-refractivity contribution in [2.75, 3.05) is 6.61 Å². The molecule has 42 heavy (non-hydrogen) atoms. The lowest BCUT2D eigenvalue weighted by atomic mass is 9.79. The van der Waals surface area contributed by atoms with E-state index in [4.69, 9.17) is 9.16 Å². The van der Waals surface area contributed by atoms with Crippen molar-refractivity contribution in [1.29, 1.82) is 0 Å². The standard InChI is InChI=1S/C37H43NO3Si/c1-27(25-41-42(5,6)36(2,3)4)34(35(39)40-26-28-17-9-7-10-18-28)38-37(29-19-11-8-12-20-29)32-23-15-13-21-30(32)31-22-14-16-24-33(31)37/h7-24,27,34,38H,25-26H2,1-6H3/t27-,34-/m0/s1. The number of carbonyl (C=O) groups excluding carboxylic acids is 1. The molecule has 218 valence electrons. The van der Waals surface area contributed by atoms with Gasteiger partial charge >= 0.3 is 5.97 Å². The van der Waals surface area contributed by atoms with E-state index in [0.717, 1.165) is 22.3 Å². The summed E-state index contributed by atoms with van der Waals surface area (Å²) >= 11 is 0. The summed E-state index contributed by atoms with van der Waals surface area (Å²) in [7, 11) is -2.04. The minimum atomic E-state index is -2.04. The zero-order valence-corrected chi connectivity index (χ0v) is 26.7. The van der Waals surface area contributed by atoms with Crippen LogP contribution in [0.1, 0.15) is 49.9 Å². The summed E-state index contributed by atoms with van der Waals surface area (Å²) in [6.07, 6.45) is 0. The number of rotatable bonds is 10. The van der Waals surface area contributed by atoms with Crippen LogP contribution in [0.4, 0.5) is 0 Å². The summed E-state index contributed by atoms with van der Waals surface area (Å²) in [5, 5.41) is 4.00. The van der Waals surface area contributed by atoms with Crippen molar-refractivity contribution in [3.05, 3.63) is 131 Å². The lowest BCUT2D eigenvalue weighted by Gasteiger charge is -2.40. The number of fused-ring (bicyclic) bond motifs is 3. The number of esters is 1. The second-order valence-electron chi connectivity index (χ2n) is 13.0. The van der Waals surface area contributed by atoms with E-state index in [1.165, 1.54) is 11.1 Å². The summed E-state index contributed by atoms with van der Waals surface area (Å²) in [5.74, 6) is -0.426. The fourth-order valence-electron chi connectivity index (χ4n) is 5.61. The van der Waals surface area contributed by atoms with Crippen molar-refractivity contribution in [2.45, 2.75) is 64.0 Å². The highest BCUT2D eigenvalue weighted by molar-refractivity contribution is 6.74. The maximum absolute atomic E-state index is 14.1. The summed E-state index contributed by atoms with van der Waals surface area (Å²) in [4.78, 5) is 14.1. The molecule has 0 radical (unpaired) electrons. The van der Waals surface area contributed by atoms with Gasteiger partial charge in [0.2, 0.25) is 0 Å². The largest absolute Gasteiger partial charge is 0.460 e. The molecule has 0 saturated heterocycles. The molecule has 0 amide bonds. The van der Waals surface area contributed by atoms with E-state index >= 15 is 0 Å². The van der Waals surface area contributed by atoms with Gasteiger partial charge in [-0.25, -0.2) is 0 Å². The van der Waals surface area contributed by atoms with Gasteiger partial charge in [0, 0.05) is 12.5 Å². The van der Waals surface area contributed by atoms with Gasteiger partial charge in [-0.15, -0.1) is 0 Å². The first-order chi connectivity index (χ1) is 20.0. The Kier molecular flexibility index (Phi) is 8.56. The van der Waals surface area contributed by atoms with E-state index in [1.807, 2.05) is 36.4 Å². The number of nitrogens with one attached hydrogen (secondary N) is 1. The molecule has 2 atom stereocenters. The van der Waals surface area contributed by atoms with Crippen LogP contribution in [0, 0.1) is 5.92 Å². The van der Waals surface area contributed by atoms with Crippen molar-refractivity contribution in [3.8, 4) is 11.1 Å². The molecule has 1 N–H and O–H groups in total. The molecule has 0 heterocycles. The molecular formula is C37H43NO3Si. The molecule has 1 aliphatic rings. The summed E-state index contributed by atoms with van der Waals surface area (Å²) in [6, 6.07) is 36.7. The highest BCUT2D eigenvalue weighted by Crippen LogP contribution is 2.51. The molecule has 5 heteroatoms. The maximum Gasteiger partial charge on any atom is 0.323 e. The normalized spacial score (nSPS) is 15.4. The van der Waals surface area contributed by atoms with E-state index in [0.29, 0.717) is 6.61 Å². The van der Waals surface area contributed by atoms with Gasteiger partial charge in [0.25, 0.3) is 0 Å². The van der Waals surface area contributed by atoms with Gasteiger partial charge in [0.1, 0.15) is 12.6 Å². The van der Waals surface area contributed by atoms with Gasteiger partial charge in [-0.3, -0.25) is 10.1 Å². The predicted octanol–water partition coefficient (Wildman–Crippen LogP) is 8.32. The third-order valence-corrected chi connectivity index (χ3v) is 13.6. The van der Waals surface area contributed by atoms with Gasteiger partial charge < -0.3 is 9.16 Å². The number of hydrogen-bond acceptors (Lipinski definition) is 4. The van der Waals surface area contributed by atoms with Gasteiger partial charge in [-0.05, 0) is 51.5 Å². The molecule has 0 saturated carbocycles. The van der Waals surface area contributed by atoms with E-state index in [1.54, 1.807) is 0 Å². The molecule has 0 fully saturated rings. The van der Waals surface area contributed by atoms with Crippen LogP contribution in [0.25, 0.3) is 11.1 Å². The van der Waals surface area contributed by atoms with Crippen LogP contribution in [0.3, 0.4) is 0 Å². The van der Waals surface area contributed by atoms with Crippen LogP contribution >= 0.6 is 0 Å². The third kappa shape index (κ3) is 5.74. The number of benzene rings is 4. The number of carbonyl (C=O) groups is 1. The van der Waals surface area contributed by atoms with Crippen molar-refractivity contribution in [3.63, 3.8) is 0 Å². The van der Waals surface area contributed by atoms with Crippen LogP contribution in [-0.4, -0.2) is 26.9 Å². The van der Waals surface area contributed by atoms with Crippen molar-refractivity contribution in [2.24, 2.45) is 5.92 Å². The first-order valence-corrected chi connectivity index (χ1v) is 17.8. The molecule has 0 spiro atoms. The highest BCUT2D eigenvalue weighted by atomic mass is 28.4. The number of ether oxygens (including phenoxy) is 1. The summed E-state index contributed by atoms with van der Waals surface area (Å²) < 4.78 is 12.7. The average Bonchev–Trinajstić information content (AvgIpc) is 3.28. The smallest absolute Gasteiger partial charge is 0.323 e. The Balaban J connectivity index is 1.58. The molecule has 4 aromatic rings. The molecule has 0 aliphatic heterocycles. The second-order valence-corrected chi connectivity index (χ2v) is 17.8. The summed E-state index contributed by atoms with van der Waals surface area (Å²) in [5.41, 5.74) is 5.92. The number of hydrogen-bond donors (Lipinski definition) is 1. The maximum atomic E-state index is 14.1. The van der Waals surface area contributed by atoms with Crippen LogP contribution in [0.2, 0.25) is 18.1 Å². The van der Waals surface area contributed by atoms with Crippen LogP contribution in [0.5, 0.6) is 0 Å². The van der Waals surface area contributed by atoms with Crippen molar-refractivity contribution in [1.82, 2.24) is 5.32 Å². The van der Waals surface area contributed by atoms with E-state index in [2.05, 4.69) is 119 Å².